The van der Waals surface area contributed by atoms with E-state index in [1.54, 1.807) is 19.2 Å². The minimum atomic E-state index is -3.40. The van der Waals surface area contributed by atoms with Crippen molar-refractivity contribution in [2.75, 3.05) is 26.8 Å². The fourth-order valence-electron chi connectivity index (χ4n) is 1.86. The number of sulfonamides is 1. The Balaban J connectivity index is 1.92. The molecule has 0 N–H and O–H groups in total. The van der Waals surface area contributed by atoms with Gasteiger partial charge in [-0.25, -0.2) is 8.42 Å². The molecule has 0 radical (unpaired) electrons. The first-order valence-electron chi connectivity index (χ1n) is 6.61. The van der Waals surface area contributed by atoms with E-state index in [4.69, 9.17) is 4.74 Å². The van der Waals surface area contributed by atoms with Crippen LogP contribution in [0.2, 0.25) is 0 Å². The molecule has 4 nitrogen and oxygen atoms in total. The highest BCUT2D eigenvalue weighted by molar-refractivity contribution is 7.89. The molecular weight excluding hydrogens is 262 g/mol. The smallest absolute Gasteiger partial charge is 0.243 e. The van der Waals surface area contributed by atoms with Crippen molar-refractivity contribution in [1.29, 1.82) is 0 Å². The third-order valence-corrected chi connectivity index (χ3v) is 5.40. The number of hydrogen-bond acceptors (Lipinski definition) is 3. The molecule has 0 amide bonds. The van der Waals surface area contributed by atoms with Gasteiger partial charge in [0.1, 0.15) is 0 Å². The van der Waals surface area contributed by atoms with Crippen molar-refractivity contribution in [3.05, 3.63) is 29.8 Å². The SMILES string of the molecule is Cc1ccccc1S(=O)(=O)N(C)CCOCC1CC1. The van der Waals surface area contributed by atoms with Crippen LogP contribution in [-0.2, 0) is 14.8 Å². The molecule has 106 valence electrons. The lowest BCUT2D eigenvalue weighted by atomic mass is 10.2. The summed E-state index contributed by atoms with van der Waals surface area (Å²) in [4.78, 5) is 0.375. The number of ether oxygens (including phenoxy) is 1. The standard InChI is InChI=1S/C14H21NO3S/c1-12-5-3-4-6-14(12)19(16,17)15(2)9-10-18-11-13-7-8-13/h3-6,13H,7-11H2,1-2H3. The predicted octanol–water partition coefficient (Wildman–Crippen LogP) is 2.04. The van der Waals surface area contributed by atoms with Crippen LogP contribution in [0.25, 0.3) is 0 Å². The van der Waals surface area contributed by atoms with Gasteiger partial charge in [-0.05, 0) is 37.3 Å². The Morgan fingerprint density at radius 3 is 2.63 bits per heavy atom. The summed E-state index contributed by atoms with van der Waals surface area (Å²) in [6.45, 7) is 3.42. The largest absolute Gasteiger partial charge is 0.380 e. The van der Waals surface area contributed by atoms with E-state index in [1.165, 1.54) is 17.1 Å². The molecule has 0 atom stereocenters. The van der Waals surface area contributed by atoms with Crippen molar-refractivity contribution >= 4 is 10.0 Å². The highest BCUT2D eigenvalue weighted by atomic mass is 32.2. The summed E-state index contributed by atoms with van der Waals surface area (Å²) < 4.78 is 31.6. The normalized spacial score (nSPS) is 15.9. The predicted molar refractivity (Wildman–Crippen MR) is 74.5 cm³/mol. The van der Waals surface area contributed by atoms with Crippen LogP contribution >= 0.6 is 0 Å². The van der Waals surface area contributed by atoms with Crippen LogP contribution in [0.15, 0.2) is 29.2 Å². The minimum absolute atomic E-state index is 0.375. The van der Waals surface area contributed by atoms with E-state index in [0.717, 1.165) is 12.2 Å². The monoisotopic (exact) mass is 283 g/mol. The second-order valence-corrected chi connectivity index (χ2v) is 7.12. The highest BCUT2D eigenvalue weighted by Crippen LogP contribution is 2.28. The van der Waals surface area contributed by atoms with E-state index in [9.17, 15) is 8.42 Å². The van der Waals surface area contributed by atoms with E-state index in [1.807, 2.05) is 19.1 Å². The molecule has 0 aromatic heterocycles. The Morgan fingerprint density at radius 2 is 2.00 bits per heavy atom. The second-order valence-electron chi connectivity index (χ2n) is 5.11. The summed E-state index contributed by atoms with van der Waals surface area (Å²) in [5.74, 6) is 0.707. The minimum Gasteiger partial charge on any atom is -0.380 e. The van der Waals surface area contributed by atoms with Crippen molar-refractivity contribution < 1.29 is 13.2 Å². The van der Waals surface area contributed by atoms with E-state index >= 15 is 0 Å². The molecule has 1 aromatic carbocycles. The molecule has 0 saturated heterocycles. The van der Waals surface area contributed by atoms with Crippen LogP contribution in [0, 0.1) is 12.8 Å². The van der Waals surface area contributed by atoms with Gasteiger partial charge in [-0.2, -0.15) is 4.31 Å². The lowest BCUT2D eigenvalue weighted by Crippen LogP contribution is -2.30. The molecule has 1 aliphatic carbocycles. The first-order chi connectivity index (χ1) is 9.01. The van der Waals surface area contributed by atoms with Crippen LogP contribution in [0.5, 0.6) is 0 Å². The van der Waals surface area contributed by atoms with Crippen molar-refractivity contribution in [1.82, 2.24) is 4.31 Å². The van der Waals surface area contributed by atoms with Gasteiger partial charge in [0.2, 0.25) is 10.0 Å². The van der Waals surface area contributed by atoms with Crippen LogP contribution in [-0.4, -0.2) is 39.5 Å². The zero-order valence-corrected chi connectivity index (χ0v) is 12.3. The summed E-state index contributed by atoms with van der Waals surface area (Å²) in [6, 6.07) is 7.04. The lowest BCUT2D eigenvalue weighted by Gasteiger charge is -2.18. The first-order valence-corrected chi connectivity index (χ1v) is 8.05. The molecule has 0 bridgehead atoms. The van der Waals surface area contributed by atoms with Crippen molar-refractivity contribution in [3.8, 4) is 0 Å². The van der Waals surface area contributed by atoms with Gasteiger partial charge >= 0.3 is 0 Å². The van der Waals surface area contributed by atoms with Gasteiger partial charge in [0.15, 0.2) is 0 Å². The maximum absolute atomic E-state index is 12.4. The molecule has 1 fully saturated rings. The van der Waals surface area contributed by atoms with E-state index < -0.39 is 10.0 Å². The average molecular weight is 283 g/mol. The van der Waals surface area contributed by atoms with Crippen molar-refractivity contribution in [2.45, 2.75) is 24.7 Å². The molecule has 19 heavy (non-hydrogen) atoms. The summed E-state index contributed by atoms with van der Waals surface area (Å²) in [5.41, 5.74) is 0.772. The maximum atomic E-state index is 12.4. The maximum Gasteiger partial charge on any atom is 0.243 e. The molecule has 1 aliphatic rings. The molecule has 1 saturated carbocycles. The number of hydrogen-bond donors (Lipinski definition) is 0. The van der Waals surface area contributed by atoms with Crippen LogP contribution < -0.4 is 0 Å². The fraction of sp³-hybridized carbons (Fsp3) is 0.571. The summed E-state index contributed by atoms with van der Waals surface area (Å²) in [7, 11) is -1.80. The number of nitrogens with zero attached hydrogens (tertiary/aromatic N) is 1. The van der Waals surface area contributed by atoms with E-state index in [-0.39, 0.29) is 0 Å². The van der Waals surface area contributed by atoms with Gasteiger partial charge in [-0.1, -0.05) is 18.2 Å². The van der Waals surface area contributed by atoms with Gasteiger partial charge in [-0.3, -0.25) is 0 Å². The Bertz CT molecular complexity index is 523. The number of benzene rings is 1. The summed E-state index contributed by atoms with van der Waals surface area (Å²) >= 11 is 0. The lowest BCUT2D eigenvalue weighted by molar-refractivity contribution is 0.117. The molecule has 0 spiro atoms. The Morgan fingerprint density at radius 1 is 1.32 bits per heavy atom. The van der Waals surface area contributed by atoms with Gasteiger partial charge in [-0.15, -0.1) is 0 Å². The number of rotatable bonds is 7. The molecule has 0 heterocycles. The fourth-order valence-corrected chi connectivity index (χ4v) is 3.24. The van der Waals surface area contributed by atoms with Crippen molar-refractivity contribution in [3.63, 3.8) is 0 Å². The number of likely N-dealkylation sites (N-methyl/N-ethyl adjacent to an activating group) is 1. The first kappa shape index (κ1) is 14.5. The van der Waals surface area contributed by atoms with Crippen LogP contribution in [0.3, 0.4) is 0 Å². The quantitative estimate of drug-likeness (QED) is 0.719. The average Bonchev–Trinajstić information content (AvgIpc) is 3.18. The molecule has 5 heteroatoms. The summed E-state index contributed by atoms with van der Waals surface area (Å²) in [5, 5.41) is 0. The van der Waals surface area contributed by atoms with E-state index in [0.29, 0.717) is 24.0 Å². The summed E-state index contributed by atoms with van der Waals surface area (Å²) in [6.07, 6.45) is 2.49. The van der Waals surface area contributed by atoms with Gasteiger partial charge in [0, 0.05) is 20.2 Å². The Labute approximate surface area is 115 Å². The second kappa shape index (κ2) is 6.03. The van der Waals surface area contributed by atoms with Gasteiger partial charge in [0.25, 0.3) is 0 Å². The molecule has 0 unspecified atom stereocenters. The molecular formula is C14H21NO3S. The Hall–Kier alpha value is -0.910. The third-order valence-electron chi connectivity index (χ3n) is 3.38. The topological polar surface area (TPSA) is 46.6 Å². The molecule has 2 rings (SSSR count). The Kier molecular flexibility index (Phi) is 4.60. The molecule has 1 aromatic rings. The zero-order chi connectivity index (χ0) is 13.9. The molecule has 0 aliphatic heterocycles. The third kappa shape index (κ3) is 3.78. The van der Waals surface area contributed by atoms with Crippen LogP contribution in [0.4, 0.5) is 0 Å². The van der Waals surface area contributed by atoms with Crippen LogP contribution in [0.1, 0.15) is 18.4 Å². The van der Waals surface area contributed by atoms with E-state index in [2.05, 4.69) is 0 Å². The van der Waals surface area contributed by atoms with Crippen molar-refractivity contribution in [2.24, 2.45) is 5.92 Å². The number of aryl methyl sites for hydroxylation is 1. The van der Waals surface area contributed by atoms with Gasteiger partial charge in [0.05, 0.1) is 11.5 Å². The highest BCUT2D eigenvalue weighted by Gasteiger charge is 2.23. The van der Waals surface area contributed by atoms with Gasteiger partial charge < -0.3 is 4.74 Å². The zero-order valence-electron chi connectivity index (χ0n) is 11.5.